The molecule has 0 bridgehead atoms. The lowest BCUT2D eigenvalue weighted by Gasteiger charge is -2.26. The van der Waals surface area contributed by atoms with Crippen molar-refractivity contribution in [1.29, 1.82) is 0 Å². The van der Waals surface area contributed by atoms with Gasteiger partial charge < -0.3 is 24.6 Å². The number of amides is 1. The molecule has 1 saturated heterocycles. The van der Waals surface area contributed by atoms with Gasteiger partial charge in [-0.05, 0) is 66.9 Å². The quantitative estimate of drug-likeness (QED) is 0.301. The number of nitrogens with zero attached hydrogens (tertiary/aromatic N) is 2. The van der Waals surface area contributed by atoms with Gasteiger partial charge in [0.25, 0.3) is 11.7 Å². The molecule has 3 aromatic rings. The van der Waals surface area contributed by atoms with Gasteiger partial charge in [0.15, 0.2) is 11.5 Å². The zero-order valence-electron chi connectivity index (χ0n) is 19.7. The van der Waals surface area contributed by atoms with E-state index in [1.165, 1.54) is 11.0 Å². The second-order valence-corrected chi connectivity index (χ2v) is 8.13. The van der Waals surface area contributed by atoms with Crippen LogP contribution in [0.3, 0.4) is 0 Å². The number of phenolic OH excluding ortho intramolecular Hbond substituents is 1. The van der Waals surface area contributed by atoms with E-state index in [0.717, 1.165) is 11.1 Å². The third-order valence-electron chi connectivity index (χ3n) is 5.88. The summed E-state index contributed by atoms with van der Waals surface area (Å²) in [4.78, 5) is 31.9. The van der Waals surface area contributed by atoms with E-state index in [1.54, 1.807) is 68.9 Å². The summed E-state index contributed by atoms with van der Waals surface area (Å²) in [6.45, 7) is 4.03. The van der Waals surface area contributed by atoms with Gasteiger partial charge in [-0.1, -0.05) is 12.1 Å². The van der Waals surface area contributed by atoms with Crippen molar-refractivity contribution in [2.45, 2.75) is 26.4 Å². The molecule has 180 valence electrons. The van der Waals surface area contributed by atoms with Crippen LogP contribution in [0.2, 0.25) is 0 Å². The van der Waals surface area contributed by atoms with Crippen LogP contribution in [0.15, 0.2) is 66.5 Å². The number of ether oxygens (including phenoxy) is 2. The monoisotopic (exact) mass is 474 g/mol. The second kappa shape index (κ2) is 9.89. The average Bonchev–Trinajstić information content (AvgIpc) is 3.10. The van der Waals surface area contributed by atoms with Crippen LogP contribution in [-0.4, -0.2) is 45.5 Å². The molecule has 2 N–H and O–H groups in total. The summed E-state index contributed by atoms with van der Waals surface area (Å²) in [6, 6.07) is 12.3. The van der Waals surface area contributed by atoms with Gasteiger partial charge in [0.1, 0.15) is 11.5 Å². The summed E-state index contributed by atoms with van der Waals surface area (Å²) in [6.07, 6.45) is 3.24. The van der Waals surface area contributed by atoms with Crippen LogP contribution in [-0.2, 0) is 16.1 Å². The molecule has 1 aromatic heterocycles. The minimum absolute atomic E-state index is 0.0448. The zero-order valence-corrected chi connectivity index (χ0v) is 19.7. The molecule has 0 radical (unpaired) electrons. The highest BCUT2D eigenvalue weighted by molar-refractivity contribution is 6.46. The summed E-state index contributed by atoms with van der Waals surface area (Å²) in [5.74, 6) is -1.04. The molecule has 1 amide bonds. The van der Waals surface area contributed by atoms with Crippen LogP contribution in [0.4, 0.5) is 0 Å². The maximum atomic E-state index is 13.3. The van der Waals surface area contributed by atoms with Gasteiger partial charge in [-0.25, -0.2) is 0 Å². The smallest absolute Gasteiger partial charge is 0.295 e. The number of hydrogen-bond donors (Lipinski definition) is 2. The van der Waals surface area contributed by atoms with Gasteiger partial charge in [-0.3, -0.25) is 14.6 Å². The predicted molar refractivity (Wildman–Crippen MR) is 129 cm³/mol. The van der Waals surface area contributed by atoms with Crippen molar-refractivity contribution in [1.82, 2.24) is 9.88 Å². The molecule has 1 aliphatic rings. The van der Waals surface area contributed by atoms with E-state index in [4.69, 9.17) is 9.47 Å². The van der Waals surface area contributed by atoms with Gasteiger partial charge in [0, 0.05) is 24.5 Å². The summed E-state index contributed by atoms with van der Waals surface area (Å²) >= 11 is 0. The standard InChI is InChI=1S/C27H26N2O6/c1-4-35-22-13-18(7-9-20(22)30)24-23(25(31)19-8-10-21(34-3)16(2)12-19)26(32)27(33)29(24)15-17-6-5-11-28-14-17/h5-14,24,30-31H,4,15H2,1-3H3/b25-23-. The first kappa shape index (κ1) is 23.8. The molecule has 0 aliphatic carbocycles. The van der Waals surface area contributed by atoms with Crippen LogP contribution < -0.4 is 9.47 Å². The first-order valence-corrected chi connectivity index (χ1v) is 11.1. The normalized spacial score (nSPS) is 17.0. The number of aliphatic hydroxyl groups excluding tert-OH is 1. The molecular formula is C27H26N2O6. The molecular weight excluding hydrogens is 448 g/mol. The Kier molecular flexibility index (Phi) is 6.73. The van der Waals surface area contributed by atoms with Gasteiger partial charge >= 0.3 is 0 Å². The number of ketones is 1. The van der Waals surface area contributed by atoms with Crippen LogP contribution >= 0.6 is 0 Å². The third kappa shape index (κ3) is 4.55. The average molecular weight is 475 g/mol. The van der Waals surface area contributed by atoms with Crippen LogP contribution in [0, 0.1) is 6.92 Å². The van der Waals surface area contributed by atoms with Crippen molar-refractivity contribution < 1.29 is 29.3 Å². The van der Waals surface area contributed by atoms with E-state index < -0.39 is 17.7 Å². The van der Waals surface area contributed by atoms with E-state index in [-0.39, 0.29) is 29.4 Å². The molecule has 8 heteroatoms. The number of phenols is 1. The molecule has 1 atom stereocenters. The fraction of sp³-hybridized carbons (Fsp3) is 0.222. The Morgan fingerprint density at radius 2 is 1.91 bits per heavy atom. The number of Topliss-reactive ketones (excluding diaryl/α,β-unsaturated/α-hetero) is 1. The molecule has 35 heavy (non-hydrogen) atoms. The zero-order chi connectivity index (χ0) is 25.1. The van der Waals surface area contributed by atoms with Crippen LogP contribution in [0.5, 0.6) is 17.2 Å². The molecule has 4 rings (SSSR count). The Labute approximate surface area is 203 Å². The number of methoxy groups -OCH3 is 1. The summed E-state index contributed by atoms with van der Waals surface area (Å²) in [7, 11) is 1.55. The molecule has 8 nitrogen and oxygen atoms in total. The van der Waals surface area contributed by atoms with Gasteiger partial charge in [0.2, 0.25) is 0 Å². The maximum absolute atomic E-state index is 13.3. The maximum Gasteiger partial charge on any atom is 0.295 e. The largest absolute Gasteiger partial charge is 0.507 e. The highest BCUT2D eigenvalue weighted by Gasteiger charge is 2.46. The number of aryl methyl sites for hydroxylation is 1. The van der Waals surface area contributed by atoms with Crippen molar-refractivity contribution in [2.24, 2.45) is 0 Å². The summed E-state index contributed by atoms with van der Waals surface area (Å²) < 4.78 is 10.8. The Morgan fingerprint density at radius 1 is 1.11 bits per heavy atom. The summed E-state index contributed by atoms with van der Waals surface area (Å²) in [5.41, 5.74) is 2.35. The number of benzene rings is 2. The Morgan fingerprint density at radius 3 is 2.57 bits per heavy atom. The van der Waals surface area contributed by atoms with Crippen molar-refractivity contribution in [3.8, 4) is 17.2 Å². The van der Waals surface area contributed by atoms with Crippen molar-refractivity contribution in [3.63, 3.8) is 0 Å². The lowest BCUT2D eigenvalue weighted by molar-refractivity contribution is -0.140. The minimum atomic E-state index is -0.905. The van der Waals surface area contributed by atoms with Crippen LogP contribution in [0.1, 0.15) is 35.2 Å². The topological polar surface area (TPSA) is 109 Å². The number of aliphatic hydroxyl groups is 1. The van der Waals surface area contributed by atoms with E-state index >= 15 is 0 Å². The molecule has 1 unspecified atom stereocenters. The SMILES string of the molecule is CCOc1cc(C2/C(=C(/O)c3ccc(OC)c(C)c3)C(=O)C(=O)N2Cc2cccnc2)ccc1O. The fourth-order valence-electron chi connectivity index (χ4n) is 4.23. The van der Waals surface area contributed by atoms with E-state index in [2.05, 4.69) is 4.98 Å². The molecule has 1 fully saturated rings. The first-order valence-electron chi connectivity index (χ1n) is 11.1. The minimum Gasteiger partial charge on any atom is -0.507 e. The van der Waals surface area contributed by atoms with Crippen LogP contribution in [0.25, 0.3) is 5.76 Å². The fourth-order valence-corrected chi connectivity index (χ4v) is 4.23. The number of carbonyl (C=O) groups is 2. The Balaban J connectivity index is 1.89. The second-order valence-electron chi connectivity index (χ2n) is 8.13. The molecule has 1 aliphatic heterocycles. The summed E-state index contributed by atoms with van der Waals surface area (Å²) in [5, 5.41) is 21.5. The lowest BCUT2D eigenvalue weighted by Crippen LogP contribution is -2.29. The van der Waals surface area contributed by atoms with Gasteiger partial charge in [-0.15, -0.1) is 0 Å². The predicted octanol–water partition coefficient (Wildman–Crippen LogP) is 4.12. The molecule has 2 heterocycles. The lowest BCUT2D eigenvalue weighted by atomic mass is 9.94. The van der Waals surface area contributed by atoms with Gasteiger partial charge in [0.05, 0.1) is 25.3 Å². The number of pyridine rings is 1. The van der Waals surface area contributed by atoms with E-state index in [0.29, 0.717) is 23.5 Å². The molecule has 0 saturated carbocycles. The Hall–Kier alpha value is -4.33. The number of aromatic nitrogens is 1. The number of likely N-dealkylation sites (tertiary alicyclic amines) is 1. The molecule has 2 aromatic carbocycles. The Bertz CT molecular complexity index is 1300. The van der Waals surface area contributed by atoms with E-state index in [1.807, 2.05) is 6.92 Å². The number of hydrogen-bond acceptors (Lipinski definition) is 7. The van der Waals surface area contributed by atoms with Crippen molar-refractivity contribution in [2.75, 3.05) is 13.7 Å². The molecule has 0 spiro atoms. The van der Waals surface area contributed by atoms with Crippen molar-refractivity contribution >= 4 is 17.4 Å². The highest BCUT2D eigenvalue weighted by Crippen LogP contribution is 2.42. The number of rotatable bonds is 7. The highest BCUT2D eigenvalue weighted by atomic mass is 16.5. The number of aromatic hydroxyl groups is 1. The third-order valence-corrected chi connectivity index (χ3v) is 5.88. The first-order chi connectivity index (χ1) is 16.8. The number of carbonyl (C=O) groups excluding carboxylic acids is 2. The van der Waals surface area contributed by atoms with Gasteiger partial charge in [-0.2, -0.15) is 0 Å². The van der Waals surface area contributed by atoms with E-state index in [9.17, 15) is 19.8 Å². The van der Waals surface area contributed by atoms with Crippen molar-refractivity contribution in [3.05, 3.63) is 88.8 Å².